The summed E-state index contributed by atoms with van der Waals surface area (Å²) in [4.78, 5) is 23.0. The van der Waals surface area contributed by atoms with Gasteiger partial charge in [0.15, 0.2) is 0 Å². The molecule has 0 aromatic carbocycles. The Kier molecular flexibility index (Phi) is 4.88. The Balaban J connectivity index is 2.86. The second-order valence-electron chi connectivity index (χ2n) is 4.07. The maximum Gasteiger partial charge on any atom is 0.326 e. The minimum absolute atomic E-state index is 0.347. The molecular weight excluding hydrogens is 236 g/mol. The van der Waals surface area contributed by atoms with Crippen LogP contribution in [0, 0.1) is 6.92 Å². The van der Waals surface area contributed by atoms with Gasteiger partial charge in [-0.05, 0) is 19.8 Å². The number of nitrogens with zero attached hydrogens (tertiary/aromatic N) is 1. The minimum atomic E-state index is -1.03. The van der Waals surface area contributed by atoms with E-state index in [1.54, 1.807) is 6.92 Å². The van der Waals surface area contributed by atoms with E-state index in [1.807, 2.05) is 13.8 Å². The third-order valence-corrected chi connectivity index (χ3v) is 2.68. The summed E-state index contributed by atoms with van der Waals surface area (Å²) < 4.78 is 4.95. The first-order valence-corrected chi connectivity index (χ1v) is 6.00. The van der Waals surface area contributed by atoms with Crippen molar-refractivity contribution in [1.29, 1.82) is 0 Å². The third-order valence-electron chi connectivity index (χ3n) is 2.68. The van der Waals surface area contributed by atoms with E-state index in [0.717, 1.165) is 0 Å². The zero-order valence-electron chi connectivity index (χ0n) is 10.8. The van der Waals surface area contributed by atoms with Crippen LogP contribution in [0.3, 0.4) is 0 Å². The molecule has 0 saturated carbocycles. The van der Waals surface area contributed by atoms with Crippen molar-refractivity contribution in [3.8, 4) is 0 Å². The highest BCUT2D eigenvalue weighted by molar-refractivity contribution is 5.98. The molecule has 6 nitrogen and oxygen atoms in total. The molecule has 1 heterocycles. The van der Waals surface area contributed by atoms with E-state index in [1.165, 1.54) is 0 Å². The average molecular weight is 254 g/mol. The van der Waals surface area contributed by atoms with Crippen LogP contribution in [0.2, 0.25) is 0 Å². The summed E-state index contributed by atoms with van der Waals surface area (Å²) in [5, 5.41) is 15.3. The Morgan fingerprint density at radius 1 is 1.44 bits per heavy atom. The predicted molar refractivity (Wildman–Crippen MR) is 64.4 cm³/mol. The third kappa shape index (κ3) is 3.09. The van der Waals surface area contributed by atoms with Crippen molar-refractivity contribution < 1.29 is 19.2 Å². The van der Waals surface area contributed by atoms with Gasteiger partial charge in [-0.25, -0.2) is 4.79 Å². The summed E-state index contributed by atoms with van der Waals surface area (Å²) >= 11 is 0. The number of amides is 1. The fraction of sp³-hybridized carbons (Fsp3) is 0.583. The highest BCUT2D eigenvalue weighted by atomic mass is 16.5. The fourth-order valence-electron chi connectivity index (χ4n) is 1.73. The standard InChI is InChI=1S/C12H18N2O4/c1-4-6-9(12(16)17)13-11(15)10-7(3)18-14-8(10)5-2/h9H,4-6H2,1-3H3,(H,13,15)(H,16,17)/t9-/m0/s1. The number of aromatic nitrogens is 1. The first-order chi connectivity index (χ1) is 8.51. The lowest BCUT2D eigenvalue weighted by atomic mass is 10.1. The molecule has 2 N–H and O–H groups in total. The summed E-state index contributed by atoms with van der Waals surface area (Å²) in [6.45, 7) is 5.36. The molecule has 1 atom stereocenters. The van der Waals surface area contributed by atoms with Gasteiger partial charge < -0.3 is 14.9 Å². The number of hydrogen-bond donors (Lipinski definition) is 2. The highest BCUT2D eigenvalue weighted by Gasteiger charge is 2.24. The lowest BCUT2D eigenvalue weighted by molar-refractivity contribution is -0.139. The Morgan fingerprint density at radius 2 is 2.11 bits per heavy atom. The van der Waals surface area contributed by atoms with Crippen molar-refractivity contribution in [3.63, 3.8) is 0 Å². The minimum Gasteiger partial charge on any atom is -0.480 e. The maximum atomic E-state index is 12.0. The van der Waals surface area contributed by atoms with Gasteiger partial charge in [-0.2, -0.15) is 0 Å². The van der Waals surface area contributed by atoms with Crippen molar-refractivity contribution >= 4 is 11.9 Å². The smallest absolute Gasteiger partial charge is 0.326 e. The van der Waals surface area contributed by atoms with Gasteiger partial charge in [-0.1, -0.05) is 25.4 Å². The van der Waals surface area contributed by atoms with Gasteiger partial charge in [0.1, 0.15) is 17.4 Å². The molecular formula is C12H18N2O4. The van der Waals surface area contributed by atoms with Crippen LogP contribution in [0.5, 0.6) is 0 Å². The number of aliphatic carboxylic acids is 1. The molecule has 100 valence electrons. The van der Waals surface area contributed by atoms with Crippen molar-refractivity contribution in [2.75, 3.05) is 0 Å². The van der Waals surface area contributed by atoms with Crippen LogP contribution in [0.1, 0.15) is 48.5 Å². The lowest BCUT2D eigenvalue weighted by Gasteiger charge is -2.13. The lowest BCUT2D eigenvalue weighted by Crippen LogP contribution is -2.41. The first kappa shape index (κ1) is 14.2. The molecule has 0 saturated heterocycles. The van der Waals surface area contributed by atoms with E-state index in [9.17, 15) is 9.59 Å². The predicted octanol–water partition coefficient (Wildman–Crippen LogP) is 1.53. The molecule has 0 radical (unpaired) electrons. The van der Waals surface area contributed by atoms with Crippen LogP contribution in [0.25, 0.3) is 0 Å². The van der Waals surface area contributed by atoms with Crippen molar-refractivity contribution in [2.24, 2.45) is 0 Å². The molecule has 0 aliphatic rings. The van der Waals surface area contributed by atoms with E-state index in [-0.39, 0.29) is 0 Å². The van der Waals surface area contributed by atoms with Gasteiger partial charge in [-0.3, -0.25) is 4.79 Å². The number of hydrogen-bond acceptors (Lipinski definition) is 4. The second-order valence-corrected chi connectivity index (χ2v) is 4.07. The molecule has 0 spiro atoms. The average Bonchev–Trinajstić information content (AvgIpc) is 2.69. The van der Waals surface area contributed by atoms with Gasteiger partial charge in [-0.15, -0.1) is 0 Å². The van der Waals surface area contributed by atoms with Gasteiger partial charge >= 0.3 is 5.97 Å². The van der Waals surface area contributed by atoms with Crippen LogP contribution in [0.4, 0.5) is 0 Å². The summed E-state index contributed by atoms with van der Waals surface area (Å²) in [5.41, 5.74) is 0.894. The summed E-state index contributed by atoms with van der Waals surface area (Å²) in [6.07, 6.45) is 1.64. The number of rotatable bonds is 6. The van der Waals surface area contributed by atoms with E-state index in [4.69, 9.17) is 9.63 Å². The molecule has 1 aromatic rings. The number of carbonyl (C=O) groups is 2. The zero-order valence-corrected chi connectivity index (χ0v) is 10.8. The number of carbonyl (C=O) groups excluding carboxylic acids is 1. The molecule has 1 aromatic heterocycles. The quantitative estimate of drug-likeness (QED) is 0.803. The Labute approximate surface area is 105 Å². The van der Waals surface area contributed by atoms with Gasteiger partial charge in [0.25, 0.3) is 5.91 Å². The highest BCUT2D eigenvalue weighted by Crippen LogP contribution is 2.14. The molecule has 1 amide bonds. The fourth-order valence-corrected chi connectivity index (χ4v) is 1.73. The molecule has 0 aliphatic heterocycles. The molecule has 18 heavy (non-hydrogen) atoms. The second kappa shape index (κ2) is 6.18. The molecule has 1 rings (SSSR count). The number of carboxylic acid groups (broad SMARTS) is 1. The van der Waals surface area contributed by atoms with Crippen molar-refractivity contribution in [3.05, 3.63) is 17.0 Å². The summed E-state index contributed by atoms with van der Waals surface area (Å²) in [5.74, 6) is -1.06. The van der Waals surface area contributed by atoms with Crippen LogP contribution in [-0.4, -0.2) is 28.2 Å². The van der Waals surface area contributed by atoms with Crippen LogP contribution in [0.15, 0.2) is 4.52 Å². The zero-order chi connectivity index (χ0) is 13.7. The molecule has 6 heteroatoms. The van der Waals surface area contributed by atoms with Crippen molar-refractivity contribution in [2.45, 2.75) is 46.1 Å². The SMILES string of the molecule is CCC[C@H](NC(=O)c1c(CC)noc1C)C(=O)O. The first-order valence-electron chi connectivity index (χ1n) is 6.00. The van der Waals surface area contributed by atoms with Gasteiger partial charge in [0.05, 0.1) is 5.69 Å². The van der Waals surface area contributed by atoms with E-state index < -0.39 is 17.9 Å². The maximum absolute atomic E-state index is 12.0. The Hall–Kier alpha value is -1.85. The molecule has 0 aliphatic carbocycles. The topological polar surface area (TPSA) is 92.4 Å². The van der Waals surface area contributed by atoms with Gasteiger partial charge in [0, 0.05) is 0 Å². The Bertz CT molecular complexity index is 439. The largest absolute Gasteiger partial charge is 0.480 e. The van der Waals surface area contributed by atoms with Crippen molar-refractivity contribution in [1.82, 2.24) is 10.5 Å². The Morgan fingerprint density at radius 3 is 2.61 bits per heavy atom. The number of nitrogens with one attached hydrogen (secondary N) is 1. The summed E-state index contributed by atoms with van der Waals surface area (Å²) in [7, 11) is 0. The normalized spacial score (nSPS) is 12.2. The molecule has 0 unspecified atom stereocenters. The van der Waals surface area contributed by atoms with E-state index in [2.05, 4.69) is 10.5 Å². The number of carboxylic acids is 1. The van der Waals surface area contributed by atoms with Gasteiger partial charge in [0.2, 0.25) is 0 Å². The number of aryl methyl sites for hydroxylation is 2. The van der Waals surface area contributed by atoms with E-state index in [0.29, 0.717) is 36.3 Å². The summed E-state index contributed by atoms with van der Waals surface area (Å²) in [6, 6.07) is -0.874. The van der Waals surface area contributed by atoms with Crippen LogP contribution in [-0.2, 0) is 11.2 Å². The van der Waals surface area contributed by atoms with E-state index >= 15 is 0 Å². The van der Waals surface area contributed by atoms with Crippen LogP contribution < -0.4 is 5.32 Å². The monoisotopic (exact) mass is 254 g/mol. The molecule has 0 bridgehead atoms. The molecule has 0 fully saturated rings. The van der Waals surface area contributed by atoms with Crippen LogP contribution >= 0.6 is 0 Å².